The van der Waals surface area contributed by atoms with Crippen molar-refractivity contribution in [2.75, 3.05) is 0 Å². The number of unbranched alkanes of at least 4 members (excludes halogenated alkanes) is 2. The molecule has 6 aromatic rings. The van der Waals surface area contributed by atoms with Gasteiger partial charge in [0.15, 0.2) is 0 Å². The average molecular weight is 801 g/mol. The second kappa shape index (κ2) is 18.7. The molecule has 0 aromatic heterocycles. The fraction of sp³-hybridized carbons (Fsp3) is 0.220. The fourth-order valence-electron chi connectivity index (χ4n) is 6.07. The van der Waals surface area contributed by atoms with Gasteiger partial charge < -0.3 is 20.4 Å². The standard InChI is InChI=1S/C25H29N3O4.C16H11N3O4.Fe/c1-4-6-9-14-25(3,5-2)18-15-20(24(30)21(16-18)28(31)32)26-27-23-19-11-8-7-10-17(19)12-13-22(23)29;20-14-8-5-10-3-1-2-4-12(10)16(14)18-17-13-7-6-11(19(22)23)9-15(13)21;/h7-8,10-13,15-16,29-30H,4-6,9,14H2,1-3H3;1-9,20-21H;. The van der Waals surface area contributed by atoms with Gasteiger partial charge in [-0.25, -0.2) is 0 Å². The summed E-state index contributed by atoms with van der Waals surface area (Å²) < 4.78 is 0. The van der Waals surface area contributed by atoms with Crippen LogP contribution in [0, 0.1) is 20.2 Å². The maximum atomic E-state index is 11.6. The smallest absolute Gasteiger partial charge is 0.313 e. The van der Waals surface area contributed by atoms with Crippen molar-refractivity contribution in [1.82, 2.24) is 0 Å². The first-order valence-electron chi connectivity index (χ1n) is 17.6. The molecule has 1 unspecified atom stereocenters. The number of nitro groups is 2. The Bertz CT molecular complexity index is 2440. The fourth-order valence-corrected chi connectivity index (χ4v) is 6.07. The molecule has 0 aliphatic rings. The van der Waals surface area contributed by atoms with Crippen LogP contribution in [0.4, 0.5) is 34.1 Å². The number of phenolic OH excluding ortho intramolecular Hbond substituents is 4. The van der Waals surface area contributed by atoms with E-state index in [1.807, 2.05) is 42.5 Å². The van der Waals surface area contributed by atoms with Crippen LogP contribution in [0.15, 0.2) is 124 Å². The van der Waals surface area contributed by atoms with Crippen LogP contribution in [0.25, 0.3) is 21.5 Å². The Balaban J connectivity index is 0.000000257. The zero-order valence-corrected chi connectivity index (χ0v) is 31.9. The quantitative estimate of drug-likeness (QED) is 0.0306. The summed E-state index contributed by atoms with van der Waals surface area (Å²) in [6.07, 6.45) is 4.85. The molecule has 0 radical (unpaired) electrons. The number of benzene rings is 6. The van der Waals surface area contributed by atoms with Gasteiger partial charge >= 0.3 is 5.69 Å². The molecule has 0 aliphatic heterocycles. The Morgan fingerprint density at radius 2 is 1.18 bits per heavy atom. The maximum Gasteiger partial charge on any atom is 0.313 e. The Morgan fingerprint density at radius 3 is 1.68 bits per heavy atom. The number of hydrogen-bond donors (Lipinski definition) is 4. The number of phenols is 4. The first-order valence-corrected chi connectivity index (χ1v) is 17.6. The van der Waals surface area contributed by atoms with Gasteiger partial charge in [0, 0.05) is 40.0 Å². The van der Waals surface area contributed by atoms with Crippen molar-refractivity contribution in [3.8, 4) is 23.0 Å². The summed E-state index contributed by atoms with van der Waals surface area (Å²) in [5.74, 6) is -0.999. The molecule has 6 aromatic carbocycles. The van der Waals surface area contributed by atoms with E-state index in [4.69, 9.17) is 0 Å². The molecule has 1 atom stereocenters. The van der Waals surface area contributed by atoms with Gasteiger partial charge in [-0.1, -0.05) is 101 Å². The largest absolute Gasteiger partial charge is 0.506 e. The Labute approximate surface area is 332 Å². The minimum absolute atomic E-state index is 0. The van der Waals surface area contributed by atoms with Gasteiger partial charge in [0.25, 0.3) is 5.69 Å². The molecule has 0 saturated carbocycles. The second-order valence-electron chi connectivity index (χ2n) is 13.1. The van der Waals surface area contributed by atoms with Crippen molar-refractivity contribution in [2.24, 2.45) is 20.5 Å². The van der Waals surface area contributed by atoms with Crippen LogP contribution in [0.1, 0.15) is 58.4 Å². The van der Waals surface area contributed by atoms with Crippen LogP contribution in [-0.4, -0.2) is 30.3 Å². The summed E-state index contributed by atoms with van der Waals surface area (Å²) >= 11 is 0. The molecule has 0 aliphatic carbocycles. The molecule has 0 amide bonds. The molecule has 0 saturated heterocycles. The van der Waals surface area contributed by atoms with E-state index in [2.05, 4.69) is 41.2 Å². The van der Waals surface area contributed by atoms with Gasteiger partial charge in [0.05, 0.1) is 15.9 Å². The van der Waals surface area contributed by atoms with E-state index in [1.165, 1.54) is 30.3 Å². The number of hydrogen-bond acceptors (Lipinski definition) is 12. The van der Waals surface area contributed by atoms with Gasteiger partial charge in [0.1, 0.15) is 40.0 Å². The molecular formula is C41H40FeN6O8. The molecule has 290 valence electrons. The van der Waals surface area contributed by atoms with Crippen LogP contribution < -0.4 is 0 Å². The number of aromatic hydroxyl groups is 4. The van der Waals surface area contributed by atoms with E-state index < -0.39 is 21.3 Å². The van der Waals surface area contributed by atoms with Gasteiger partial charge in [-0.15, -0.1) is 20.5 Å². The zero-order chi connectivity index (χ0) is 39.7. The summed E-state index contributed by atoms with van der Waals surface area (Å²) in [6, 6.07) is 27.9. The van der Waals surface area contributed by atoms with Crippen LogP contribution in [0.5, 0.6) is 23.0 Å². The molecule has 56 heavy (non-hydrogen) atoms. The van der Waals surface area contributed by atoms with E-state index in [1.54, 1.807) is 24.3 Å². The third-order valence-electron chi connectivity index (χ3n) is 9.52. The molecule has 4 N–H and O–H groups in total. The van der Waals surface area contributed by atoms with Gasteiger partial charge in [0.2, 0.25) is 5.75 Å². The van der Waals surface area contributed by atoms with Crippen molar-refractivity contribution in [1.29, 1.82) is 0 Å². The SMILES string of the molecule is CCCCCC(C)(CC)c1cc(N=Nc2c(O)ccc3ccccc23)c(O)c([N+](=O)[O-])c1.O=[N+]([O-])c1ccc(N=Nc2c(O)ccc3ccccc23)c(O)c1.[Fe]. The number of nitrogens with zero attached hydrogens (tertiary/aromatic N) is 6. The van der Waals surface area contributed by atoms with E-state index in [0.29, 0.717) is 10.8 Å². The summed E-state index contributed by atoms with van der Waals surface area (Å²) in [7, 11) is 0. The normalized spacial score (nSPS) is 12.3. The molecule has 0 spiro atoms. The predicted molar refractivity (Wildman–Crippen MR) is 211 cm³/mol. The minimum Gasteiger partial charge on any atom is -0.506 e. The van der Waals surface area contributed by atoms with Crippen molar-refractivity contribution >= 4 is 55.7 Å². The monoisotopic (exact) mass is 800 g/mol. The Hall–Kier alpha value is -6.44. The Kier molecular flexibility index (Phi) is 14.2. The summed E-state index contributed by atoms with van der Waals surface area (Å²) in [5.41, 5.74) is 0.414. The first-order chi connectivity index (χ1) is 26.4. The molecular weight excluding hydrogens is 760 g/mol. The minimum atomic E-state index is -0.614. The summed E-state index contributed by atoms with van der Waals surface area (Å²) in [5, 5.41) is 82.2. The predicted octanol–water partition coefficient (Wildman–Crippen LogP) is 12.4. The van der Waals surface area contributed by atoms with Gasteiger partial charge in [-0.2, -0.15) is 0 Å². The molecule has 0 bridgehead atoms. The molecule has 14 nitrogen and oxygen atoms in total. The van der Waals surface area contributed by atoms with Gasteiger partial charge in [-0.3, -0.25) is 20.2 Å². The summed E-state index contributed by atoms with van der Waals surface area (Å²) in [6.45, 7) is 6.27. The topological polar surface area (TPSA) is 217 Å². The van der Waals surface area contributed by atoms with E-state index in [-0.39, 0.29) is 68.2 Å². The van der Waals surface area contributed by atoms with Gasteiger partial charge in [-0.05, 0) is 58.9 Å². The van der Waals surface area contributed by atoms with Crippen molar-refractivity contribution in [3.05, 3.63) is 129 Å². The number of rotatable bonds is 12. The average Bonchev–Trinajstić information content (AvgIpc) is 3.18. The van der Waals surface area contributed by atoms with Crippen molar-refractivity contribution in [2.45, 2.75) is 58.3 Å². The second-order valence-corrected chi connectivity index (χ2v) is 13.1. The molecule has 0 heterocycles. The van der Waals surface area contributed by atoms with Crippen molar-refractivity contribution in [3.63, 3.8) is 0 Å². The number of non-ortho nitro benzene ring substituents is 1. The molecule has 0 fully saturated rings. The first kappa shape index (κ1) is 42.3. The van der Waals surface area contributed by atoms with Crippen LogP contribution in [0.3, 0.4) is 0 Å². The zero-order valence-electron chi connectivity index (χ0n) is 30.8. The van der Waals surface area contributed by atoms with E-state index in [9.17, 15) is 40.7 Å². The number of nitro benzene ring substituents is 2. The number of fused-ring (bicyclic) bond motifs is 2. The molecule has 6 rings (SSSR count). The third-order valence-corrected chi connectivity index (χ3v) is 9.52. The van der Waals surface area contributed by atoms with Crippen LogP contribution in [-0.2, 0) is 22.5 Å². The maximum absolute atomic E-state index is 11.6. The van der Waals surface area contributed by atoms with Crippen LogP contribution in [0.2, 0.25) is 0 Å². The third kappa shape index (κ3) is 9.61. The van der Waals surface area contributed by atoms with Crippen LogP contribution >= 0.6 is 0 Å². The Morgan fingerprint density at radius 1 is 0.625 bits per heavy atom. The number of azo groups is 2. The summed E-state index contributed by atoms with van der Waals surface area (Å²) in [4.78, 5) is 21.1. The van der Waals surface area contributed by atoms with E-state index >= 15 is 0 Å². The van der Waals surface area contributed by atoms with E-state index in [0.717, 1.165) is 54.5 Å². The molecule has 15 heteroatoms. The van der Waals surface area contributed by atoms with Crippen molar-refractivity contribution < 1.29 is 47.3 Å².